The summed E-state index contributed by atoms with van der Waals surface area (Å²) in [4.78, 5) is 15.7. The van der Waals surface area contributed by atoms with E-state index in [4.69, 9.17) is 9.47 Å². The van der Waals surface area contributed by atoms with E-state index in [1.807, 2.05) is 66.8 Å². The van der Waals surface area contributed by atoms with E-state index < -0.39 is 0 Å². The van der Waals surface area contributed by atoms with E-state index in [0.717, 1.165) is 33.8 Å². The Morgan fingerprint density at radius 3 is 2.50 bits per heavy atom. The topological polar surface area (TPSA) is 63.4 Å². The summed E-state index contributed by atoms with van der Waals surface area (Å²) in [5.41, 5.74) is 5.06. The Morgan fingerprint density at radius 1 is 0.929 bits per heavy atom. The lowest BCUT2D eigenvalue weighted by Crippen LogP contribution is -2.03. The molecule has 5 heteroatoms. The third-order valence-corrected chi connectivity index (χ3v) is 4.68. The highest BCUT2D eigenvalue weighted by Gasteiger charge is 2.26. The zero-order valence-electron chi connectivity index (χ0n) is 15.7. The average Bonchev–Trinajstić information content (AvgIpc) is 3.31. The minimum absolute atomic E-state index is 0.128. The van der Waals surface area contributed by atoms with Crippen LogP contribution in [-0.4, -0.2) is 25.1 Å². The number of rotatable bonds is 5. The maximum atomic E-state index is 12.6. The second kappa shape index (κ2) is 7.48. The molecule has 140 valence electrons. The van der Waals surface area contributed by atoms with Gasteiger partial charge in [-0.2, -0.15) is 0 Å². The number of amides is 1. The highest BCUT2D eigenvalue weighted by atomic mass is 16.5. The van der Waals surface area contributed by atoms with Gasteiger partial charge in [0.25, 0.3) is 5.91 Å². The van der Waals surface area contributed by atoms with Crippen molar-refractivity contribution in [2.75, 3.05) is 19.5 Å². The number of benzene rings is 2. The number of nitrogens with one attached hydrogen (secondary N) is 2. The molecule has 0 bridgehead atoms. The molecule has 1 aliphatic heterocycles. The van der Waals surface area contributed by atoms with Crippen LogP contribution in [-0.2, 0) is 4.79 Å². The number of hydrogen-bond acceptors (Lipinski definition) is 3. The van der Waals surface area contributed by atoms with E-state index in [1.165, 1.54) is 0 Å². The van der Waals surface area contributed by atoms with Gasteiger partial charge in [-0.3, -0.25) is 4.79 Å². The third-order valence-electron chi connectivity index (χ3n) is 4.68. The van der Waals surface area contributed by atoms with Crippen LogP contribution in [0.4, 0.5) is 5.69 Å². The van der Waals surface area contributed by atoms with Gasteiger partial charge in [0.05, 0.1) is 25.5 Å². The van der Waals surface area contributed by atoms with Crippen LogP contribution in [0.5, 0.6) is 11.5 Å². The van der Waals surface area contributed by atoms with Gasteiger partial charge in [0.15, 0.2) is 0 Å². The largest absolute Gasteiger partial charge is 0.497 e. The van der Waals surface area contributed by atoms with Crippen molar-refractivity contribution in [1.29, 1.82) is 0 Å². The number of anilines is 1. The molecule has 0 spiro atoms. The Hall–Kier alpha value is -3.73. The summed E-state index contributed by atoms with van der Waals surface area (Å²) in [6.07, 6.45) is 7.64. The Labute approximate surface area is 163 Å². The van der Waals surface area contributed by atoms with Gasteiger partial charge < -0.3 is 19.8 Å². The summed E-state index contributed by atoms with van der Waals surface area (Å²) in [6.45, 7) is 0. The lowest BCUT2D eigenvalue weighted by atomic mass is 9.98. The van der Waals surface area contributed by atoms with Crippen molar-refractivity contribution in [3.05, 3.63) is 77.1 Å². The molecule has 1 amide bonds. The molecular weight excluding hydrogens is 352 g/mol. The van der Waals surface area contributed by atoms with Crippen molar-refractivity contribution >= 4 is 35.4 Å². The SMILES string of the molecule is COc1ccc(/C=C/c2cccc3c2/C(=C/c2[nH]ccc2OC)C(=O)N3)cc1. The highest BCUT2D eigenvalue weighted by Crippen LogP contribution is 2.37. The van der Waals surface area contributed by atoms with E-state index in [0.29, 0.717) is 11.3 Å². The summed E-state index contributed by atoms with van der Waals surface area (Å²) in [6, 6.07) is 15.5. The van der Waals surface area contributed by atoms with Crippen molar-refractivity contribution in [2.24, 2.45) is 0 Å². The van der Waals surface area contributed by atoms with Gasteiger partial charge in [-0.15, -0.1) is 0 Å². The fraction of sp³-hybridized carbons (Fsp3) is 0.0870. The third kappa shape index (κ3) is 3.30. The van der Waals surface area contributed by atoms with Crippen molar-refractivity contribution in [1.82, 2.24) is 4.98 Å². The van der Waals surface area contributed by atoms with Crippen molar-refractivity contribution in [2.45, 2.75) is 0 Å². The Bertz CT molecular complexity index is 1080. The van der Waals surface area contributed by atoms with Crippen LogP contribution >= 0.6 is 0 Å². The number of aromatic amines is 1. The molecule has 1 aromatic heterocycles. The lowest BCUT2D eigenvalue weighted by molar-refractivity contribution is -0.110. The molecule has 2 aromatic carbocycles. The second-order valence-electron chi connectivity index (χ2n) is 6.35. The summed E-state index contributed by atoms with van der Waals surface area (Å²) < 4.78 is 10.5. The average molecular weight is 372 g/mol. The molecule has 0 fully saturated rings. The van der Waals surface area contributed by atoms with Crippen LogP contribution in [0.25, 0.3) is 23.8 Å². The van der Waals surface area contributed by atoms with Crippen LogP contribution in [0, 0.1) is 0 Å². The van der Waals surface area contributed by atoms with Gasteiger partial charge in [-0.1, -0.05) is 36.4 Å². The fourth-order valence-corrected chi connectivity index (χ4v) is 3.26. The maximum Gasteiger partial charge on any atom is 0.256 e. The molecule has 2 heterocycles. The normalized spacial score (nSPS) is 14.4. The zero-order chi connectivity index (χ0) is 19.5. The minimum Gasteiger partial charge on any atom is -0.497 e. The fourth-order valence-electron chi connectivity index (χ4n) is 3.26. The minimum atomic E-state index is -0.128. The van der Waals surface area contributed by atoms with Crippen molar-refractivity contribution in [3.8, 4) is 11.5 Å². The van der Waals surface area contributed by atoms with E-state index in [2.05, 4.69) is 10.3 Å². The number of ether oxygens (including phenoxy) is 2. The molecule has 0 radical (unpaired) electrons. The molecule has 28 heavy (non-hydrogen) atoms. The van der Waals surface area contributed by atoms with Gasteiger partial charge >= 0.3 is 0 Å². The first-order valence-corrected chi connectivity index (χ1v) is 8.89. The predicted molar refractivity (Wildman–Crippen MR) is 112 cm³/mol. The van der Waals surface area contributed by atoms with Crippen molar-refractivity contribution < 1.29 is 14.3 Å². The molecule has 0 saturated heterocycles. The quantitative estimate of drug-likeness (QED) is 0.504. The number of carbonyl (C=O) groups excluding carboxylic acids is 1. The maximum absolute atomic E-state index is 12.6. The van der Waals surface area contributed by atoms with Crippen LogP contribution in [0.15, 0.2) is 54.7 Å². The number of fused-ring (bicyclic) bond motifs is 1. The molecule has 5 nitrogen and oxygen atoms in total. The molecule has 1 aliphatic rings. The summed E-state index contributed by atoms with van der Waals surface area (Å²) >= 11 is 0. The van der Waals surface area contributed by atoms with Gasteiger partial charge in [-0.25, -0.2) is 0 Å². The molecule has 0 saturated carbocycles. The van der Waals surface area contributed by atoms with Gasteiger partial charge in [0.1, 0.15) is 11.5 Å². The molecule has 3 aromatic rings. The molecule has 0 aliphatic carbocycles. The Balaban J connectivity index is 1.73. The number of hydrogen-bond donors (Lipinski definition) is 2. The zero-order valence-corrected chi connectivity index (χ0v) is 15.7. The smallest absolute Gasteiger partial charge is 0.256 e. The first-order valence-electron chi connectivity index (χ1n) is 8.89. The molecular formula is C23H20N2O3. The van der Waals surface area contributed by atoms with E-state index in [-0.39, 0.29) is 5.91 Å². The molecule has 0 atom stereocenters. The van der Waals surface area contributed by atoms with E-state index in [9.17, 15) is 4.79 Å². The second-order valence-corrected chi connectivity index (χ2v) is 6.35. The van der Waals surface area contributed by atoms with Crippen molar-refractivity contribution in [3.63, 3.8) is 0 Å². The van der Waals surface area contributed by atoms with E-state index >= 15 is 0 Å². The Kier molecular flexibility index (Phi) is 4.72. The number of methoxy groups -OCH3 is 2. The van der Waals surface area contributed by atoms with Gasteiger partial charge in [0, 0.05) is 17.4 Å². The number of carbonyl (C=O) groups is 1. The van der Waals surface area contributed by atoms with Crippen LogP contribution < -0.4 is 14.8 Å². The monoisotopic (exact) mass is 372 g/mol. The van der Waals surface area contributed by atoms with Gasteiger partial charge in [-0.05, 0) is 41.5 Å². The first-order chi connectivity index (χ1) is 13.7. The summed E-state index contributed by atoms with van der Waals surface area (Å²) in [5.74, 6) is 1.38. The molecule has 4 rings (SSSR count). The predicted octanol–water partition coefficient (Wildman–Crippen LogP) is 4.70. The van der Waals surface area contributed by atoms with Crippen LogP contribution in [0.1, 0.15) is 22.4 Å². The molecule has 2 N–H and O–H groups in total. The van der Waals surface area contributed by atoms with Gasteiger partial charge in [0.2, 0.25) is 0 Å². The highest BCUT2D eigenvalue weighted by molar-refractivity contribution is 6.35. The standard InChI is InChI=1S/C23H20N2O3/c1-27-17-10-7-15(8-11-17)6-9-16-4-3-5-19-22(16)18(23(26)25-19)14-20-21(28-2)12-13-24-20/h3-14,24H,1-2H3,(H,25,26)/b9-6+,18-14-. The van der Waals surface area contributed by atoms with Crippen LogP contribution in [0.3, 0.4) is 0 Å². The number of aromatic nitrogens is 1. The molecule has 0 unspecified atom stereocenters. The number of H-pyrrole nitrogens is 1. The Morgan fingerprint density at radius 2 is 1.75 bits per heavy atom. The van der Waals surface area contributed by atoms with E-state index in [1.54, 1.807) is 20.4 Å². The lowest BCUT2D eigenvalue weighted by Gasteiger charge is -2.05. The van der Waals surface area contributed by atoms with Crippen LogP contribution in [0.2, 0.25) is 0 Å². The first kappa shape index (κ1) is 17.7. The summed E-state index contributed by atoms with van der Waals surface area (Å²) in [7, 11) is 3.26. The summed E-state index contributed by atoms with van der Waals surface area (Å²) in [5, 5.41) is 2.94.